The Morgan fingerprint density at radius 1 is 1.39 bits per heavy atom. The number of phenols is 1. The second-order valence-corrected chi connectivity index (χ2v) is 5.06. The van der Waals surface area contributed by atoms with Crippen LogP contribution in [-0.4, -0.2) is 54.7 Å². The van der Waals surface area contributed by atoms with E-state index in [0.717, 1.165) is 31.7 Å². The number of likely N-dealkylation sites (N-methyl/N-ethyl adjacent to an activating group) is 1. The first kappa shape index (κ1) is 13.2. The Labute approximate surface area is 109 Å². The first-order chi connectivity index (χ1) is 8.60. The van der Waals surface area contributed by atoms with Gasteiger partial charge in [0.1, 0.15) is 11.5 Å². The SMILES string of the molecule is COc1ccc(CN2CCN(C)C(C)C2)c(O)c1. The van der Waals surface area contributed by atoms with Gasteiger partial charge in [-0.25, -0.2) is 0 Å². The summed E-state index contributed by atoms with van der Waals surface area (Å²) in [5.74, 6) is 1.02. The van der Waals surface area contributed by atoms with Crippen molar-refractivity contribution in [1.29, 1.82) is 0 Å². The second-order valence-electron chi connectivity index (χ2n) is 5.06. The predicted molar refractivity (Wildman–Crippen MR) is 72.0 cm³/mol. The van der Waals surface area contributed by atoms with Gasteiger partial charge in [0.2, 0.25) is 0 Å². The van der Waals surface area contributed by atoms with Crippen molar-refractivity contribution in [1.82, 2.24) is 9.80 Å². The lowest BCUT2D eigenvalue weighted by atomic mass is 10.1. The number of hydrogen-bond donors (Lipinski definition) is 1. The molecule has 1 saturated heterocycles. The molecule has 1 heterocycles. The molecule has 18 heavy (non-hydrogen) atoms. The van der Waals surface area contributed by atoms with Crippen LogP contribution in [0.25, 0.3) is 0 Å². The first-order valence-corrected chi connectivity index (χ1v) is 6.38. The number of phenolic OH excluding ortho intramolecular Hbond substituents is 1. The zero-order valence-electron chi connectivity index (χ0n) is 11.4. The van der Waals surface area contributed by atoms with E-state index in [1.54, 1.807) is 13.2 Å². The minimum absolute atomic E-state index is 0.320. The Hall–Kier alpha value is -1.26. The molecule has 0 amide bonds. The van der Waals surface area contributed by atoms with Crippen LogP contribution in [-0.2, 0) is 6.54 Å². The number of piperazine rings is 1. The Morgan fingerprint density at radius 3 is 2.78 bits per heavy atom. The zero-order chi connectivity index (χ0) is 13.1. The van der Waals surface area contributed by atoms with E-state index in [0.29, 0.717) is 17.5 Å². The maximum atomic E-state index is 9.95. The lowest BCUT2D eigenvalue weighted by molar-refractivity contribution is 0.0993. The third-order valence-electron chi connectivity index (χ3n) is 3.73. The molecule has 1 aliphatic heterocycles. The van der Waals surface area contributed by atoms with Crippen molar-refractivity contribution in [3.63, 3.8) is 0 Å². The van der Waals surface area contributed by atoms with Crippen LogP contribution < -0.4 is 4.74 Å². The van der Waals surface area contributed by atoms with E-state index in [4.69, 9.17) is 4.74 Å². The maximum absolute atomic E-state index is 9.95. The molecule has 0 saturated carbocycles. The summed E-state index contributed by atoms with van der Waals surface area (Å²) in [4.78, 5) is 4.75. The second kappa shape index (κ2) is 5.59. The van der Waals surface area contributed by atoms with E-state index < -0.39 is 0 Å². The smallest absolute Gasteiger partial charge is 0.123 e. The number of ether oxygens (including phenoxy) is 1. The Kier molecular flexibility index (Phi) is 4.09. The predicted octanol–water partition coefficient (Wildman–Crippen LogP) is 1.54. The average molecular weight is 250 g/mol. The standard InChI is InChI=1S/C14H22N2O2/c1-11-9-16(7-6-15(11)2)10-12-4-5-13(18-3)8-14(12)17/h4-5,8,11,17H,6-7,9-10H2,1-3H3. The largest absolute Gasteiger partial charge is 0.507 e. The third kappa shape index (κ3) is 2.94. The van der Waals surface area contributed by atoms with Crippen LogP contribution >= 0.6 is 0 Å². The molecule has 1 aromatic carbocycles. The summed E-state index contributed by atoms with van der Waals surface area (Å²) in [7, 11) is 3.77. The van der Waals surface area contributed by atoms with E-state index in [-0.39, 0.29) is 0 Å². The minimum Gasteiger partial charge on any atom is -0.507 e. The highest BCUT2D eigenvalue weighted by Gasteiger charge is 2.21. The van der Waals surface area contributed by atoms with Gasteiger partial charge in [0, 0.05) is 43.9 Å². The van der Waals surface area contributed by atoms with Gasteiger partial charge in [-0.15, -0.1) is 0 Å². The van der Waals surface area contributed by atoms with E-state index in [9.17, 15) is 5.11 Å². The number of aromatic hydroxyl groups is 1. The molecule has 1 N–H and O–H groups in total. The fourth-order valence-corrected chi connectivity index (χ4v) is 2.31. The molecule has 4 heteroatoms. The van der Waals surface area contributed by atoms with Crippen LogP contribution in [0.3, 0.4) is 0 Å². The van der Waals surface area contributed by atoms with E-state index in [1.165, 1.54) is 0 Å². The van der Waals surface area contributed by atoms with Crippen molar-refractivity contribution in [2.24, 2.45) is 0 Å². The van der Waals surface area contributed by atoms with Crippen LogP contribution in [0.15, 0.2) is 18.2 Å². The molecular formula is C14H22N2O2. The Balaban J connectivity index is 2.01. The molecule has 0 spiro atoms. The van der Waals surface area contributed by atoms with Gasteiger partial charge in [-0.05, 0) is 20.0 Å². The molecule has 0 radical (unpaired) electrons. The molecule has 0 aliphatic carbocycles. The summed E-state index contributed by atoms with van der Waals surface area (Å²) in [5.41, 5.74) is 0.965. The maximum Gasteiger partial charge on any atom is 0.123 e. The molecular weight excluding hydrogens is 228 g/mol. The van der Waals surface area contributed by atoms with E-state index in [1.807, 2.05) is 12.1 Å². The highest BCUT2D eigenvalue weighted by Crippen LogP contribution is 2.25. The molecule has 0 bridgehead atoms. The zero-order valence-corrected chi connectivity index (χ0v) is 11.4. The fourth-order valence-electron chi connectivity index (χ4n) is 2.31. The summed E-state index contributed by atoms with van der Waals surface area (Å²) in [6.45, 7) is 6.21. The fraction of sp³-hybridized carbons (Fsp3) is 0.571. The van der Waals surface area contributed by atoms with Crippen molar-refractivity contribution >= 4 is 0 Å². The van der Waals surface area contributed by atoms with Gasteiger partial charge in [-0.2, -0.15) is 0 Å². The van der Waals surface area contributed by atoms with Crippen LogP contribution in [0.4, 0.5) is 0 Å². The molecule has 1 atom stereocenters. The normalized spacial score (nSPS) is 22.1. The molecule has 100 valence electrons. The average Bonchev–Trinajstić information content (AvgIpc) is 2.36. The Morgan fingerprint density at radius 2 is 2.17 bits per heavy atom. The molecule has 1 fully saturated rings. The molecule has 1 aliphatic rings. The van der Waals surface area contributed by atoms with Gasteiger partial charge in [0.25, 0.3) is 0 Å². The summed E-state index contributed by atoms with van der Waals surface area (Å²) in [5, 5.41) is 9.95. The van der Waals surface area contributed by atoms with E-state index >= 15 is 0 Å². The Bertz CT molecular complexity index is 409. The van der Waals surface area contributed by atoms with Gasteiger partial charge in [-0.3, -0.25) is 4.90 Å². The third-order valence-corrected chi connectivity index (χ3v) is 3.73. The number of methoxy groups -OCH3 is 1. The highest BCUT2D eigenvalue weighted by atomic mass is 16.5. The number of rotatable bonds is 3. The lowest BCUT2D eigenvalue weighted by Gasteiger charge is -2.37. The van der Waals surface area contributed by atoms with Crippen molar-refractivity contribution in [3.8, 4) is 11.5 Å². The monoisotopic (exact) mass is 250 g/mol. The summed E-state index contributed by atoms with van der Waals surface area (Å²) >= 11 is 0. The molecule has 1 aromatic rings. The molecule has 4 nitrogen and oxygen atoms in total. The van der Waals surface area contributed by atoms with Crippen molar-refractivity contribution in [2.75, 3.05) is 33.8 Å². The van der Waals surface area contributed by atoms with Crippen molar-refractivity contribution in [2.45, 2.75) is 19.5 Å². The summed E-state index contributed by atoms with van der Waals surface area (Å²) < 4.78 is 5.09. The van der Waals surface area contributed by atoms with Gasteiger partial charge < -0.3 is 14.7 Å². The van der Waals surface area contributed by atoms with Crippen molar-refractivity contribution in [3.05, 3.63) is 23.8 Å². The number of nitrogens with zero attached hydrogens (tertiary/aromatic N) is 2. The van der Waals surface area contributed by atoms with E-state index in [2.05, 4.69) is 23.8 Å². The number of benzene rings is 1. The van der Waals surface area contributed by atoms with Crippen molar-refractivity contribution < 1.29 is 9.84 Å². The van der Waals surface area contributed by atoms with Crippen LogP contribution in [0, 0.1) is 0 Å². The van der Waals surface area contributed by atoms with Crippen LogP contribution in [0.5, 0.6) is 11.5 Å². The van der Waals surface area contributed by atoms with Gasteiger partial charge >= 0.3 is 0 Å². The van der Waals surface area contributed by atoms with Crippen LogP contribution in [0.1, 0.15) is 12.5 Å². The molecule has 1 unspecified atom stereocenters. The van der Waals surface area contributed by atoms with Gasteiger partial charge in [0.15, 0.2) is 0 Å². The first-order valence-electron chi connectivity index (χ1n) is 6.38. The molecule has 0 aromatic heterocycles. The van der Waals surface area contributed by atoms with Gasteiger partial charge in [-0.1, -0.05) is 6.07 Å². The van der Waals surface area contributed by atoms with Gasteiger partial charge in [0.05, 0.1) is 7.11 Å². The summed E-state index contributed by atoms with van der Waals surface area (Å²) in [6, 6.07) is 6.08. The molecule has 2 rings (SSSR count). The minimum atomic E-state index is 0.320. The number of hydrogen-bond acceptors (Lipinski definition) is 4. The quantitative estimate of drug-likeness (QED) is 0.882. The lowest BCUT2D eigenvalue weighted by Crippen LogP contribution is -2.49. The topological polar surface area (TPSA) is 35.9 Å². The summed E-state index contributed by atoms with van der Waals surface area (Å²) in [6.07, 6.45) is 0. The highest BCUT2D eigenvalue weighted by molar-refractivity contribution is 5.39. The van der Waals surface area contributed by atoms with Crippen LogP contribution in [0.2, 0.25) is 0 Å².